The second-order valence-corrected chi connectivity index (χ2v) is 2.84. The molecule has 0 amide bonds. The zero-order valence-corrected chi connectivity index (χ0v) is 8.15. The molecule has 6 heteroatoms. The van der Waals surface area contributed by atoms with Gasteiger partial charge in [0.15, 0.2) is 0 Å². The number of H-pyrrole nitrogens is 2. The van der Waals surface area contributed by atoms with Crippen molar-refractivity contribution in [3.63, 3.8) is 0 Å². The third-order valence-electron chi connectivity index (χ3n) is 1.83. The molecule has 2 heterocycles. The number of esters is 1. The standard InChI is InChI=1S/C9H10N4O2/c1-2-15-9(14)7-3-6(12-13-7)8-4-10-5-11-8/h3-5H,2H2,1H3,(H,10,11)(H,12,13). The minimum Gasteiger partial charge on any atom is -0.461 e. The summed E-state index contributed by atoms with van der Waals surface area (Å²) in [6, 6.07) is 1.61. The van der Waals surface area contributed by atoms with Crippen LogP contribution in [0.4, 0.5) is 0 Å². The smallest absolute Gasteiger partial charge is 0.356 e. The van der Waals surface area contributed by atoms with E-state index in [9.17, 15) is 4.79 Å². The maximum atomic E-state index is 11.3. The number of hydrogen-bond donors (Lipinski definition) is 2. The van der Waals surface area contributed by atoms with E-state index in [2.05, 4.69) is 20.2 Å². The molecule has 0 saturated heterocycles. The van der Waals surface area contributed by atoms with Crippen molar-refractivity contribution in [3.8, 4) is 11.4 Å². The van der Waals surface area contributed by atoms with E-state index in [-0.39, 0.29) is 0 Å². The lowest BCUT2D eigenvalue weighted by Gasteiger charge is -1.95. The molecule has 0 atom stereocenters. The monoisotopic (exact) mass is 206 g/mol. The summed E-state index contributed by atoms with van der Waals surface area (Å²) in [6.45, 7) is 2.10. The van der Waals surface area contributed by atoms with Crippen molar-refractivity contribution in [3.05, 3.63) is 24.3 Å². The van der Waals surface area contributed by atoms with Crippen LogP contribution in [0.25, 0.3) is 11.4 Å². The summed E-state index contributed by atoms with van der Waals surface area (Å²) in [5.74, 6) is -0.410. The van der Waals surface area contributed by atoms with Crippen molar-refractivity contribution >= 4 is 5.97 Å². The first-order valence-electron chi connectivity index (χ1n) is 4.53. The van der Waals surface area contributed by atoms with Gasteiger partial charge >= 0.3 is 5.97 Å². The van der Waals surface area contributed by atoms with Crippen LogP contribution in [0, 0.1) is 0 Å². The van der Waals surface area contributed by atoms with E-state index < -0.39 is 5.97 Å². The van der Waals surface area contributed by atoms with Gasteiger partial charge in [-0.25, -0.2) is 9.78 Å². The summed E-state index contributed by atoms with van der Waals surface area (Å²) in [4.78, 5) is 18.1. The normalized spacial score (nSPS) is 10.2. The van der Waals surface area contributed by atoms with Crippen molar-refractivity contribution in [2.75, 3.05) is 6.61 Å². The molecule has 0 bridgehead atoms. The minimum atomic E-state index is -0.410. The highest BCUT2D eigenvalue weighted by Crippen LogP contribution is 2.13. The molecular formula is C9H10N4O2. The average Bonchev–Trinajstić information content (AvgIpc) is 2.89. The number of carbonyl (C=O) groups is 1. The molecule has 0 aliphatic carbocycles. The zero-order valence-electron chi connectivity index (χ0n) is 8.15. The lowest BCUT2D eigenvalue weighted by atomic mass is 10.3. The van der Waals surface area contributed by atoms with E-state index in [1.165, 1.54) is 0 Å². The topological polar surface area (TPSA) is 83.7 Å². The molecule has 2 aromatic rings. The Morgan fingerprint density at radius 2 is 2.40 bits per heavy atom. The molecule has 0 aliphatic rings. The van der Waals surface area contributed by atoms with Crippen molar-refractivity contribution in [1.29, 1.82) is 0 Å². The molecule has 2 N–H and O–H groups in total. The molecule has 15 heavy (non-hydrogen) atoms. The second kappa shape index (κ2) is 3.95. The molecule has 0 saturated carbocycles. The number of nitrogens with zero attached hydrogens (tertiary/aromatic N) is 2. The maximum Gasteiger partial charge on any atom is 0.356 e. The Morgan fingerprint density at radius 1 is 1.53 bits per heavy atom. The number of aromatic amines is 2. The molecular weight excluding hydrogens is 196 g/mol. The van der Waals surface area contributed by atoms with E-state index in [0.29, 0.717) is 23.7 Å². The van der Waals surface area contributed by atoms with E-state index in [0.717, 1.165) is 0 Å². The van der Waals surface area contributed by atoms with Crippen LogP contribution in [0.5, 0.6) is 0 Å². The Kier molecular flexibility index (Phi) is 2.49. The molecule has 0 aromatic carbocycles. The fraction of sp³-hybridized carbons (Fsp3) is 0.222. The summed E-state index contributed by atoms with van der Waals surface area (Å²) in [5, 5.41) is 6.55. The molecule has 2 aromatic heterocycles. The van der Waals surface area contributed by atoms with E-state index in [4.69, 9.17) is 4.74 Å². The number of imidazole rings is 1. The number of nitrogens with one attached hydrogen (secondary N) is 2. The van der Waals surface area contributed by atoms with Crippen LogP contribution in [-0.2, 0) is 4.74 Å². The lowest BCUT2D eigenvalue weighted by molar-refractivity contribution is 0.0519. The fourth-order valence-electron chi connectivity index (χ4n) is 1.17. The van der Waals surface area contributed by atoms with E-state index in [1.807, 2.05) is 0 Å². The van der Waals surface area contributed by atoms with Crippen molar-refractivity contribution in [2.45, 2.75) is 6.92 Å². The Hall–Kier alpha value is -2.11. The van der Waals surface area contributed by atoms with Gasteiger partial charge in [0, 0.05) is 12.3 Å². The van der Waals surface area contributed by atoms with Gasteiger partial charge in [-0.15, -0.1) is 0 Å². The predicted octanol–water partition coefficient (Wildman–Crippen LogP) is 0.976. The van der Waals surface area contributed by atoms with Crippen LogP contribution in [0.2, 0.25) is 0 Å². The Balaban J connectivity index is 2.21. The van der Waals surface area contributed by atoms with Crippen molar-refractivity contribution in [2.24, 2.45) is 0 Å². The molecule has 0 unspecified atom stereocenters. The first kappa shape index (κ1) is 9.45. The third-order valence-corrected chi connectivity index (χ3v) is 1.83. The molecule has 0 spiro atoms. The van der Waals surface area contributed by atoms with Gasteiger partial charge in [0.05, 0.1) is 12.9 Å². The average molecular weight is 206 g/mol. The summed E-state index contributed by atoms with van der Waals surface area (Å²) in [7, 11) is 0. The highest BCUT2D eigenvalue weighted by molar-refractivity contribution is 5.88. The Bertz CT molecular complexity index is 446. The van der Waals surface area contributed by atoms with Gasteiger partial charge in [0.1, 0.15) is 17.1 Å². The molecule has 0 fully saturated rings. The third kappa shape index (κ3) is 1.88. The summed E-state index contributed by atoms with van der Waals surface area (Å²) >= 11 is 0. The maximum absolute atomic E-state index is 11.3. The zero-order chi connectivity index (χ0) is 10.7. The van der Waals surface area contributed by atoms with Gasteiger partial charge in [-0.3, -0.25) is 5.10 Å². The number of ether oxygens (including phenoxy) is 1. The Labute approximate surface area is 85.7 Å². The molecule has 78 valence electrons. The first-order chi connectivity index (χ1) is 7.31. The molecule has 0 aliphatic heterocycles. The highest BCUT2D eigenvalue weighted by atomic mass is 16.5. The van der Waals surface area contributed by atoms with Crippen LogP contribution in [0.3, 0.4) is 0 Å². The summed E-state index contributed by atoms with van der Waals surface area (Å²) in [6.07, 6.45) is 3.25. The number of rotatable bonds is 3. The molecule has 0 radical (unpaired) electrons. The Morgan fingerprint density at radius 3 is 3.07 bits per heavy atom. The minimum absolute atomic E-state index is 0.329. The van der Waals surface area contributed by atoms with Gasteiger partial charge in [-0.1, -0.05) is 0 Å². The van der Waals surface area contributed by atoms with Gasteiger partial charge in [0.2, 0.25) is 0 Å². The van der Waals surface area contributed by atoms with Gasteiger partial charge < -0.3 is 9.72 Å². The van der Waals surface area contributed by atoms with E-state index >= 15 is 0 Å². The summed E-state index contributed by atoms with van der Waals surface area (Å²) in [5.41, 5.74) is 1.62. The second-order valence-electron chi connectivity index (χ2n) is 2.84. The highest BCUT2D eigenvalue weighted by Gasteiger charge is 2.12. The van der Waals surface area contributed by atoms with Crippen LogP contribution < -0.4 is 0 Å². The lowest BCUT2D eigenvalue weighted by Crippen LogP contribution is -2.04. The van der Waals surface area contributed by atoms with Gasteiger partial charge in [0.25, 0.3) is 0 Å². The number of aromatic nitrogens is 4. The first-order valence-corrected chi connectivity index (χ1v) is 4.53. The van der Waals surface area contributed by atoms with Crippen molar-refractivity contribution in [1.82, 2.24) is 20.2 Å². The molecule has 6 nitrogen and oxygen atoms in total. The van der Waals surface area contributed by atoms with Crippen LogP contribution in [-0.4, -0.2) is 32.7 Å². The van der Waals surface area contributed by atoms with Gasteiger partial charge in [-0.2, -0.15) is 5.10 Å². The SMILES string of the molecule is CCOC(=O)c1cc(-c2c[nH]cn2)n[nH]1. The largest absolute Gasteiger partial charge is 0.461 e. The summed E-state index contributed by atoms with van der Waals surface area (Å²) < 4.78 is 4.82. The number of carbonyl (C=O) groups excluding carboxylic acids is 1. The molecule has 2 rings (SSSR count). The van der Waals surface area contributed by atoms with Crippen molar-refractivity contribution < 1.29 is 9.53 Å². The number of hydrogen-bond acceptors (Lipinski definition) is 4. The van der Waals surface area contributed by atoms with E-state index in [1.54, 1.807) is 25.5 Å². The van der Waals surface area contributed by atoms with Crippen LogP contribution >= 0.6 is 0 Å². The predicted molar refractivity (Wildman–Crippen MR) is 52.1 cm³/mol. The van der Waals surface area contributed by atoms with Crippen LogP contribution in [0.1, 0.15) is 17.4 Å². The fourth-order valence-corrected chi connectivity index (χ4v) is 1.17. The van der Waals surface area contributed by atoms with Gasteiger partial charge in [-0.05, 0) is 6.92 Å². The van der Waals surface area contributed by atoms with Crippen LogP contribution in [0.15, 0.2) is 18.6 Å². The quantitative estimate of drug-likeness (QED) is 0.733.